The molecule has 2 aromatic carbocycles. The van der Waals surface area contributed by atoms with E-state index in [2.05, 4.69) is 22.0 Å². The lowest BCUT2D eigenvalue weighted by molar-refractivity contribution is 1.50. The van der Waals surface area contributed by atoms with E-state index in [-0.39, 0.29) is 0 Å². The average molecular weight is 343 g/mol. The van der Waals surface area contributed by atoms with Crippen molar-refractivity contribution in [3.63, 3.8) is 0 Å². The van der Waals surface area contributed by atoms with Crippen molar-refractivity contribution in [2.24, 2.45) is 0 Å². The van der Waals surface area contributed by atoms with Crippen molar-refractivity contribution in [1.29, 1.82) is 5.26 Å². The third kappa shape index (κ3) is 2.20. The Morgan fingerprint density at radius 1 is 1.05 bits per heavy atom. The Kier molecular flexibility index (Phi) is 3.48. The van der Waals surface area contributed by atoms with Crippen LogP contribution in [0.1, 0.15) is 22.3 Å². The number of nitrogens with zero attached hydrogens (tertiary/aromatic N) is 1. The molecule has 96 valence electrons. The predicted molar refractivity (Wildman–Crippen MR) is 87.4 cm³/mol. The number of fused-ring (bicyclic) bond motifs is 2. The van der Waals surface area contributed by atoms with Crippen molar-refractivity contribution >= 4 is 43.7 Å². The minimum Gasteiger partial charge on any atom is -0.193 e. The summed E-state index contributed by atoms with van der Waals surface area (Å²) in [6.45, 7) is 0. The van der Waals surface area contributed by atoms with Gasteiger partial charge in [0, 0.05) is 21.2 Å². The van der Waals surface area contributed by atoms with Crippen molar-refractivity contribution in [2.75, 3.05) is 0 Å². The number of benzene rings is 2. The molecule has 1 nitrogen and oxygen atoms in total. The van der Waals surface area contributed by atoms with E-state index in [9.17, 15) is 0 Å². The summed E-state index contributed by atoms with van der Waals surface area (Å²) in [5.74, 6) is 0. The van der Waals surface area contributed by atoms with Crippen molar-refractivity contribution in [1.82, 2.24) is 0 Å². The van der Waals surface area contributed by atoms with Gasteiger partial charge in [0.1, 0.15) is 0 Å². The molecule has 20 heavy (non-hydrogen) atoms. The van der Waals surface area contributed by atoms with Gasteiger partial charge in [-0.15, -0.1) is 0 Å². The number of allylic oxidation sites excluding steroid dienone is 1. The van der Waals surface area contributed by atoms with Gasteiger partial charge in [-0.25, -0.2) is 0 Å². The molecular weight excluding hydrogens is 334 g/mol. The van der Waals surface area contributed by atoms with E-state index in [1.165, 1.54) is 0 Å². The minimum absolute atomic E-state index is 0.683. The number of nitriles is 1. The van der Waals surface area contributed by atoms with Crippen LogP contribution in [0.5, 0.6) is 0 Å². The van der Waals surface area contributed by atoms with E-state index in [1.54, 1.807) is 6.08 Å². The van der Waals surface area contributed by atoms with E-state index in [1.807, 2.05) is 48.5 Å². The highest BCUT2D eigenvalue weighted by atomic mass is 79.9. The molecule has 0 radical (unpaired) electrons. The van der Waals surface area contributed by atoms with Gasteiger partial charge in [-0.3, -0.25) is 0 Å². The number of hydrogen-bond donors (Lipinski definition) is 0. The Balaban J connectivity index is 2.40. The van der Waals surface area contributed by atoms with Crippen LogP contribution in [0, 0.1) is 11.3 Å². The number of rotatable bonds is 0. The van der Waals surface area contributed by atoms with Gasteiger partial charge in [0.15, 0.2) is 0 Å². The van der Waals surface area contributed by atoms with Gasteiger partial charge >= 0.3 is 0 Å². The molecule has 0 saturated carbocycles. The van der Waals surface area contributed by atoms with E-state index in [4.69, 9.17) is 16.9 Å². The van der Waals surface area contributed by atoms with Gasteiger partial charge in [0.2, 0.25) is 0 Å². The molecule has 0 unspecified atom stereocenters. The lowest BCUT2D eigenvalue weighted by atomic mass is 9.93. The molecule has 3 heteroatoms. The summed E-state index contributed by atoms with van der Waals surface area (Å²) >= 11 is 9.70. The summed E-state index contributed by atoms with van der Waals surface area (Å²) in [7, 11) is 0. The zero-order valence-electron chi connectivity index (χ0n) is 10.4. The Labute approximate surface area is 130 Å². The summed E-state index contributed by atoms with van der Waals surface area (Å²) < 4.78 is 0.984. The van der Waals surface area contributed by atoms with Crippen molar-refractivity contribution in [2.45, 2.75) is 0 Å². The molecule has 0 N–H and O–H groups in total. The molecule has 1 aliphatic rings. The van der Waals surface area contributed by atoms with Crippen LogP contribution in [0.2, 0.25) is 5.02 Å². The zero-order valence-corrected chi connectivity index (χ0v) is 12.7. The lowest BCUT2D eigenvalue weighted by Crippen LogP contribution is -1.92. The quantitative estimate of drug-likeness (QED) is 0.580. The first-order chi connectivity index (χ1) is 9.70. The van der Waals surface area contributed by atoms with Crippen LogP contribution in [-0.2, 0) is 0 Å². The van der Waals surface area contributed by atoms with Gasteiger partial charge in [0.25, 0.3) is 0 Å². The second-order valence-corrected chi connectivity index (χ2v) is 5.75. The molecule has 1 aliphatic carbocycles. The van der Waals surface area contributed by atoms with Crippen molar-refractivity contribution < 1.29 is 0 Å². The standard InChI is InChI=1S/C17H9BrClN/c18-17-10-11-9-12(19)5-6-13(11)15(7-8-20)14-3-1-2-4-16(14)17/h1-7,9-10H. The second-order valence-electron chi connectivity index (χ2n) is 4.46. The maximum absolute atomic E-state index is 9.10. The monoisotopic (exact) mass is 341 g/mol. The summed E-state index contributed by atoms with van der Waals surface area (Å²) in [4.78, 5) is 0. The minimum atomic E-state index is 0.683. The highest BCUT2D eigenvalue weighted by Gasteiger charge is 2.18. The van der Waals surface area contributed by atoms with Crippen LogP contribution in [-0.4, -0.2) is 0 Å². The van der Waals surface area contributed by atoms with Gasteiger partial charge in [-0.05, 0) is 40.5 Å². The molecule has 0 fully saturated rings. The van der Waals surface area contributed by atoms with Crippen molar-refractivity contribution in [3.05, 3.63) is 75.8 Å². The molecule has 0 aromatic heterocycles. The highest BCUT2D eigenvalue weighted by molar-refractivity contribution is 9.15. The fourth-order valence-corrected chi connectivity index (χ4v) is 3.18. The average Bonchev–Trinajstić information content (AvgIpc) is 2.56. The molecule has 0 spiro atoms. The van der Waals surface area contributed by atoms with E-state index in [0.29, 0.717) is 5.02 Å². The molecule has 0 amide bonds. The van der Waals surface area contributed by atoms with Crippen LogP contribution in [0.4, 0.5) is 0 Å². The Morgan fingerprint density at radius 2 is 1.80 bits per heavy atom. The topological polar surface area (TPSA) is 23.8 Å². The van der Waals surface area contributed by atoms with Crippen LogP contribution >= 0.6 is 27.5 Å². The molecule has 2 aromatic rings. The van der Waals surface area contributed by atoms with E-state index >= 15 is 0 Å². The molecule has 0 aliphatic heterocycles. The van der Waals surface area contributed by atoms with Crippen LogP contribution in [0.25, 0.3) is 16.1 Å². The second kappa shape index (κ2) is 5.28. The SMILES string of the molecule is N#CC=C1c2ccc(Cl)cc2C=C(Br)c2ccccc21. The molecule has 0 heterocycles. The predicted octanol–water partition coefficient (Wildman–Crippen LogP) is 5.50. The molecule has 0 atom stereocenters. The van der Waals surface area contributed by atoms with Crippen molar-refractivity contribution in [3.8, 4) is 6.07 Å². The molecule has 0 bridgehead atoms. The van der Waals surface area contributed by atoms with Crippen LogP contribution in [0.3, 0.4) is 0 Å². The Bertz CT molecular complexity index is 797. The Morgan fingerprint density at radius 3 is 2.55 bits per heavy atom. The van der Waals surface area contributed by atoms with E-state index in [0.717, 1.165) is 32.3 Å². The zero-order chi connectivity index (χ0) is 14.1. The summed E-state index contributed by atoms with van der Waals surface area (Å²) in [6.07, 6.45) is 3.63. The van der Waals surface area contributed by atoms with E-state index < -0.39 is 0 Å². The van der Waals surface area contributed by atoms with Gasteiger partial charge in [0.05, 0.1) is 6.07 Å². The smallest absolute Gasteiger partial charge is 0.0918 e. The van der Waals surface area contributed by atoms with Gasteiger partial charge in [-0.2, -0.15) is 5.26 Å². The summed E-state index contributed by atoms with van der Waals surface area (Å²) in [5.41, 5.74) is 5.04. The van der Waals surface area contributed by atoms with Gasteiger partial charge < -0.3 is 0 Å². The number of halogens is 2. The summed E-state index contributed by atoms with van der Waals surface area (Å²) in [5, 5.41) is 9.78. The first kappa shape index (κ1) is 13.2. The normalized spacial score (nSPS) is 14.8. The third-order valence-electron chi connectivity index (χ3n) is 3.27. The largest absolute Gasteiger partial charge is 0.193 e. The molecule has 3 rings (SSSR count). The van der Waals surface area contributed by atoms with Crippen LogP contribution in [0.15, 0.2) is 48.5 Å². The summed E-state index contributed by atoms with van der Waals surface area (Å²) in [6, 6.07) is 15.9. The fourth-order valence-electron chi connectivity index (χ4n) is 2.40. The fraction of sp³-hybridized carbons (Fsp3) is 0. The maximum atomic E-state index is 9.10. The van der Waals surface area contributed by atoms with Gasteiger partial charge in [-0.1, -0.05) is 57.9 Å². The number of hydrogen-bond acceptors (Lipinski definition) is 1. The Hall–Kier alpha value is -1.82. The first-order valence-electron chi connectivity index (χ1n) is 6.07. The maximum Gasteiger partial charge on any atom is 0.0918 e. The third-order valence-corrected chi connectivity index (χ3v) is 4.16. The molecular formula is C17H9BrClN. The molecule has 0 saturated heterocycles. The highest BCUT2D eigenvalue weighted by Crippen LogP contribution is 2.39. The lowest BCUT2D eigenvalue weighted by Gasteiger charge is -2.10. The van der Waals surface area contributed by atoms with Crippen LogP contribution < -0.4 is 0 Å². The first-order valence-corrected chi connectivity index (χ1v) is 7.24.